The van der Waals surface area contributed by atoms with Gasteiger partial charge < -0.3 is 15.4 Å². The van der Waals surface area contributed by atoms with Crippen molar-refractivity contribution in [2.45, 2.75) is 38.8 Å². The summed E-state index contributed by atoms with van der Waals surface area (Å²) >= 11 is 0. The molecule has 2 aromatic rings. The topological polar surface area (TPSA) is 87.7 Å². The van der Waals surface area contributed by atoms with Crippen molar-refractivity contribution >= 4 is 17.9 Å². The lowest BCUT2D eigenvalue weighted by Crippen LogP contribution is -2.51. The second-order valence-electron chi connectivity index (χ2n) is 8.31. The molecule has 0 saturated carbocycles. The summed E-state index contributed by atoms with van der Waals surface area (Å²) in [5.41, 5.74) is 3.94. The van der Waals surface area contributed by atoms with Crippen LogP contribution in [-0.4, -0.2) is 42.0 Å². The van der Waals surface area contributed by atoms with Crippen molar-refractivity contribution < 1.29 is 19.1 Å². The lowest BCUT2D eigenvalue weighted by Gasteiger charge is -2.32. The molecule has 7 nitrogen and oxygen atoms in total. The number of nitrogens with zero attached hydrogens (tertiary/aromatic N) is 1. The van der Waals surface area contributed by atoms with Gasteiger partial charge in [-0.25, -0.2) is 9.59 Å². The zero-order chi connectivity index (χ0) is 22.7. The van der Waals surface area contributed by atoms with Crippen LogP contribution < -0.4 is 10.6 Å². The molecule has 0 aliphatic carbocycles. The fourth-order valence-corrected chi connectivity index (χ4v) is 4.05. The van der Waals surface area contributed by atoms with Crippen LogP contribution in [0.1, 0.15) is 36.1 Å². The number of benzene rings is 2. The molecule has 2 aromatic carbocycles. The van der Waals surface area contributed by atoms with Crippen LogP contribution in [0, 0.1) is 6.92 Å². The Hall–Kier alpha value is -3.61. The van der Waals surface area contributed by atoms with Gasteiger partial charge >= 0.3 is 12.0 Å². The summed E-state index contributed by atoms with van der Waals surface area (Å²) in [7, 11) is 0. The molecular formula is C25H27N3O4. The van der Waals surface area contributed by atoms with Crippen molar-refractivity contribution in [3.63, 3.8) is 0 Å². The molecule has 0 bridgehead atoms. The third kappa shape index (κ3) is 4.66. The standard InChI is InChI=1S/C25H27N3O4/c1-16-8-12-19(13-9-16)23-22-20(15-32-24(22)30)28(25(31)27-23)14-21(29)26-17(2)10-11-18-6-4-3-5-7-18/h3-9,12-13,17,23H,10-11,14-15H2,1-2H3,(H,26,29)(H,27,31)/t17-,23-/m1/s1. The van der Waals surface area contributed by atoms with Crippen LogP contribution in [0.2, 0.25) is 0 Å². The summed E-state index contributed by atoms with van der Waals surface area (Å²) in [6.07, 6.45) is 1.63. The predicted molar refractivity (Wildman–Crippen MR) is 120 cm³/mol. The number of cyclic esters (lactones) is 1. The van der Waals surface area contributed by atoms with Gasteiger partial charge in [-0.2, -0.15) is 0 Å². The van der Waals surface area contributed by atoms with Gasteiger partial charge in [0, 0.05) is 6.04 Å². The number of carbonyl (C=O) groups excluding carboxylic acids is 3. The largest absolute Gasteiger partial charge is 0.456 e. The van der Waals surface area contributed by atoms with Gasteiger partial charge in [0.25, 0.3) is 0 Å². The van der Waals surface area contributed by atoms with Crippen LogP contribution >= 0.6 is 0 Å². The molecule has 0 radical (unpaired) electrons. The van der Waals surface area contributed by atoms with Crippen molar-refractivity contribution in [2.75, 3.05) is 13.2 Å². The summed E-state index contributed by atoms with van der Waals surface area (Å²) in [5, 5.41) is 5.81. The van der Waals surface area contributed by atoms with E-state index in [0.717, 1.165) is 24.0 Å². The average Bonchev–Trinajstić information content (AvgIpc) is 3.17. The van der Waals surface area contributed by atoms with Crippen LogP contribution in [0.4, 0.5) is 4.79 Å². The first kappa shape index (κ1) is 21.6. The molecule has 3 amide bonds. The summed E-state index contributed by atoms with van der Waals surface area (Å²) in [6, 6.07) is 16.6. The van der Waals surface area contributed by atoms with E-state index in [4.69, 9.17) is 4.74 Å². The van der Waals surface area contributed by atoms with E-state index in [2.05, 4.69) is 22.8 Å². The van der Waals surface area contributed by atoms with Gasteiger partial charge in [-0.05, 0) is 37.8 Å². The fraction of sp³-hybridized carbons (Fsp3) is 0.320. The Morgan fingerprint density at radius 3 is 2.59 bits per heavy atom. The van der Waals surface area contributed by atoms with Gasteiger partial charge in [0.15, 0.2) is 0 Å². The molecule has 0 fully saturated rings. The lowest BCUT2D eigenvalue weighted by atomic mass is 9.95. The Morgan fingerprint density at radius 1 is 1.16 bits per heavy atom. The molecule has 32 heavy (non-hydrogen) atoms. The molecule has 2 N–H and O–H groups in total. The first-order chi connectivity index (χ1) is 15.4. The number of carbonyl (C=O) groups is 3. The Morgan fingerprint density at radius 2 is 1.88 bits per heavy atom. The number of hydrogen-bond donors (Lipinski definition) is 2. The van der Waals surface area contributed by atoms with Crippen LogP contribution in [0.15, 0.2) is 65.9 Å². The molecule has 0 unspecified atom stereocenters. The zero-order valence-electron chi connectivity index (χ0n) is 18.3. The number of rotatable bonds is 7. The Kier molecular flexibility index (Phi) is 6.25. The quantitative estimate of drug-likeness (QED) is 0.657. The minimum Gasteiger partial charge on any atom is -0.456 e. The Labute approximate surface area is 187 Å². The van der Waals surface area contributed by atoms with Crippen LogP contribution in [-0.2, 0) is 20.7 Å². The Balaban J connectivity index is 1.43. The van der Waals surface area contributed by atoms with Gasteiger partial charge in [0.1, 0.15) is 13.2 Å². The van der Waals surface area contributed by atoms with Crippen molar-refractivity contribution in [1.29, 1.82) is 0 Å². The molecule has 0 spiro atoms. The van der Waals surface area contributed by atoms with Gasteiger partial charge in [-0.15, -0.1) is 0 Å². The third-order valence-corrected chi connectivity index (χ3v) is 5.83. The molecule has 4 rings (SSSR count). The number of nitrogens with one attached hydrogen (secondary N) is 2. The van der Waals surface area contributed by atoms with E-state index >= 15 is 0 Å². The first-order valence-electron chi connectivity index (χ1n) is 10.8. The van der Waals surface area contributed by atoms with E-state index in [1.54, 1.807) is 0 Å². The fourth-order valence-electron chi connectivity index (χ4n) is 4.05. The smallest absolute Gasteiger partial charge is 0.338 e. The van der Waals surface area contributed by atoms with E-state index < -0.39 is 18.0 Å². The van der Waals surface area contributed by atoms with Crippen LogP contribution in [0.3, 0.4) is 0 Å². The second-order valence-corrected chi connectivity index (χ2v) is 8.31. The van der Waals surface area contributed by atoms with Gasteiger partial charge in [0.05, 0.1) is 17.3 Å². The molecule has 0 aromatic heterocycles. The monoisotopic (exact) mass is 433 g/mol. The number of esters is 1. The van der Waals surface area contributed by atoms with Crippen LogP contribution in [0.25, 0.3) is 0 Å². The normalized spacial score (nSPS) is 18.7. The zero-order valence-corrected chi connectivity index (χ0v) is 18.3. The molecule has 2 atom stereocenters. The van der Waals surface area contributed by atoms with Crippen molar-refractivity contribution in [3.8, 4) is 0 Å². The second kappa shape index (κ2) is 9.26. The summed E-state index contributed by atoms with van der Waals surface area (Å²) in [5.74, 6) is -0.743. The highest BCUT2D eigenvalue weighted by molar-refractivity contribution is 5.98. The number of amides is 3. The van der Waals surface area contributed by atoms with E-state index in [1.165, 1.54) is 10.5 Å². The van der Waals surface area contributed by atoms with Gasteiger partial charge in [-0.1, -0.05) is 60.2 Å². The number of ether oxygens (including phenoxy) is 1. The van der Waals surface area contributed by atoms with Crippen molar-refractivity contribution in [3.05, 3.63) is 82.6 Å². The highest BCUT2D eigenvalue weighted by Gasteiger charge is 2.42. The predicted octanol–water partition coefficient (Wildman–Crippen LogP) is 3.01. The van der Waals surface area contributed by atoms with Gasteiger partial charge in [-0.3, -0.25) is 9.69 Å². The molecule has 0 saturated heterocycles. The van der Waals surface area contributed by atoms with Crippen molar-refractivity contribution in [2.24, 2.45) is 0 Å². The van der Waals surface area contributed by atoms with E-state index in [0.29, 0.717) is 11.3 Å². The number of hydrogen-bond acceptors (Lipinski definition) is 4. The van der Waals surface area contributed by atoms with Crippen LogP contribution in [0.5, 0.6) is 0 Å². The number of urea groups is 1. The molecule has 2 heterocycles. The van der Waals surface area contributed by atoms with E-state index in [9.17, 15) is 14.4 Å². The molecule has 2 aliphatic heterocycles. The van der Waals surface area contributed by atoms with E-state index in [-0.39, 0.29) is 25.1 Å². The third-order valence-electron chi connectivity index (χ3n) is 5.83. The highest BCUT2D eigenvalue weighted by atomic mass is 16.5. The van der Waals surface area contributed by atoms with Gasteiger partial charge in [0.2, 0.25) is 5.91 Å². The summed E-state index contributed by atoms with van der Waals surface area (Å²) in [6.45, 7) is 3.73. The molecule has 7 heteroatoms. The molecule has 2 aliphatic rings. The summed E-state index contributed by atoms with van der Waals surface area (Å²) in [4.78, 5) is 39.3. The maximum Gasteiger partial charge on any atom is 0.338 e. The summed E-state index contributed by atoms with van der Waals surface area (Å²) < 4.78 is 5.23. The average molecular weight is 434 g/mol. The first-order valence-corrected chi connectivity index (χ1v) is 10.8. The molecular weight excluding hydrogens is 406 g/mol. The lowest BCUT2D eigenvalue weighted by molar-refractivity contribution is -0.136. The highest BCUT2D eigenvalue weighted by Crippen LogP contribution is 2.34. The minimum atomic E-state index is -0.586. The SMILES string of the molecule is Cc1ccc([C@H]2NC(=O)N(CC(=O)N[C@H](C)CCc3ccccc3)C3=C2C(=O)OC3)cc1. The Bertz CT molecular complexity index is 1050. The maximum absolute atomic E-state index is 12.9. The minimum absolute atomic E-state index is 0.0131. The molecule has 166 valence electrons. The van der Waals surface area contributed by atoms with Crippen molar-refractivity contribution in [1.82, 2.24) is 15.5 Å². The van der Waals surface area contributed by atoms with E-state index in [1.807, 2.05) is 56.3 Å². The maximum atomic E-state index is 12.9. The number of aryl methyl sites for hydroxylation is 2.